The standard InChI is InChI=1S/C5H9BrO3/c1-2-8-3-5(7)9-4-6/h2-4H2,1H3. The molecule has 0 bridgehead atoms. The van der Waals surface area contributed by atoms with Crippen LogP contribution in [0.25, 0.3) is 0 Å². The second-order valence-corrected chi connectivity index (χ2v) is 1.72. The lowest BCUT2D eigenvalue weighted by Crippen LogP contribution is -2.11. The Kier molecular flexibility index (Phi) is 5.98. The zero-order valence-corrected chi connectivity index (χ0v) is 6.81. The van der Waals surface area contributed by atoms with Crippen molar-refractivity contribution in [2.45, 2.75) is 6.92 Å². The number of carbonyl (C=O) groups excluding carboxylic acids is 1. The van der Waals surface area contributed by atoms with Gasteiger partial charge in [-0.2, -0.15) is 0 Å². The molecular formula is C5H9BrO3. The minimum atomic E-state index is -0.339. The van der Waals surface area contributed by atoms with E-state index in [0.29, 0.717) is 6.61 Å². The molecule has 9 heavy (non-hydrogen) atoms. The van der Waals surface area contributed by atoms with Crippen molar-refractivity contribution in [2.75, 3.05) is 18.7 Å². The summed E-state index contributed by atoms with van der Waals surface area (Å²) < 4.78 is 9.25. The van der Waals surface area contributed by atoms with Crippen LogP contribution in [0.3, 0.4) is 0 Å². The number of ether oxygens (including phenoxy) is 2. The molecule has 0 radical (unpaired) electrons. The fourth-order valence-corrected chi connectivity index (χ4v) is 0.543. The van der Waals surface area contributed by atoms with Gasteiger partial charge in [-0.05, 0) is 22.9 Å². The van der Waals surface area contributed by atoms with Crippen molar-refractivity contribution < 1.29 is 14.3 Å². The molecule has 0 aromatic heterocycles. The van der Waals surface area contributed by atoms with Crippen LogP contribution in [-0.4, -0.2) is 24.7 Å². The van der Waals surface area contributed by atoms with E-state index in [0.717, 1.165) is 0 Å². The Bertz CT molecular complexity index is 84.3. The normalized spacial score (nSPS) is 9.11. The summed E-state index contributed by atoms with van der Waals surface area (Å²) in [7, 11) is 0. The maximum absolute atomic E-state index is 10.4. The Morgan fingerprint density at radius 3 is 2.78 bits per heavy atom. The molecule has 0 heterocycles. The van der Waals surface area contributed by atoms with Gasteiger partial charge in [-0.15, -0.1) is 0 Å². The van der Waals surface area contributed by atoms with E-state index in [-0.39, 0.29) is 18.1 Å². The highest BCUT2D eigenvalue weighted by molar-refractivity contribution is 9.09. The Morgan fingerprint density at radius 2 is 2.33 bits per heavy atom. The molecule has 3 nitrogen and oxygen atoms in total. The minimum Gasteiger partial charge on any atom is -0.452 e. The average Bonchev–Trinajstić information content (AvgIpc) is 1.85. The Balaban J connectivity index is 3.06. The lowest BCUT2D eigenvalue weighted by molar-refractivity contribution is -0.146. The van der Waals surface area contributed by atoms with E-state index in [4.69, 9.17) is 4.74 Å². The predicted octanol–water partition coefficient (Wildman–Crippen LogP) is 0.918. The lowest BCUT2D eigenvalue weighted by Gasteiger charge is -1.98. The smallest absolute Gasteiger partial charge is 0.332 e. The fourth-order valence-electron chi connectivity index (χ4n) is 0.288. The first-order chi connectivity index (χ1) is 4.31. The van der Waals surface area contributed by atoms with Gasteiger partial charge in [-0.3, -0.25) is 0 Å². The van der Waals surface area contributed by atoms with Crippen molar-refractivity contribution in [2.24, 2.45) is 0 Å². The highest BCUT2D eigenvalue weighted by atomic mass is 79.9. The lowest BCUT2D eigenvalue weighted by atomic mass is 10.7. The molecule has 0 rings (SSSR count). The third-order valence-electron chi connectivity index (χ3n) is 0.640. The van der Waals surface area contributed by atoms with Gasteiger partial charge >= 0.3 is 5.97 Å². The van der Waals surface area contributed by atoms with Gasteiger partial charge in [-0.1, -0.05) is 0 Å². The first-order valence-electron chi connectivity index (χ1n) is 2.60. The maximum atomic E-state index is 10.4. The molecule has 0 fully saturated rings. The fraction of sp³-hybridized carbons (Fsp3) is 0.800. The van der Waals surface area contributed by atoms with Crippen molar-refractivity contribution in [3.63, 3.8) is 0 Å². The quantitative estimate of drug-likeness (QED) is 0.496. The van der Waals surface area contributed by atoms with E-state index in [9.17, 15) is 4.79 Å². The number of alkyl halides is 1. The molecule has 0 aliphatic carbocycles. The molecule has 0 unspecified atom stereocenters. The van der Waals surface area contributed by atoms with E-state index in [2.05, 4.69) is 20.7 Å². The van der Waals surface area contributed by atoms with E-state index < -0.39 is 0 Å². The summed E-state index contributed by atoms with van der Waals surface area (Å²) in [5, 5.41) is 0. The van der Waals surface area contributed by atoms with Gasteiger partial charge in [0.1, 0.15) is 12.1 Å². The number of rotatable bonds is 4. The molecule has 0 spiro atoms. The first-order valence-corrected chi connectivity index (χ1v) is 3.72. The third kappa shape index (κ3) is 5.79. The van der Waals surface area contributed by atoms with Crippen LogP contribution in [0.2, 0.25) is 0 Å². The van der Waals surface area contributed by atoms with Crippen molar-refractivity contribution >= 4 is 21.9 Å². The van der Waals surface area contributed by atoms with Gasteiger partial charge in [0.25, 0.3) is 0 Å². The van der Waals surface area contributed by atoms with Gasteiger partial charge in [-0.25, -0.2) is 4.79 Å². The molecule has 0 saturated heterocycles. The number of hydrogen-bond acceptors (Lipinski definition) is 3. The Morgan fingerprint density at radius 1 is 1.67 bits per heavy atom. The van der Waals surface area contributed by atoms with Gasteiger partial charge < -0.3 is 9.47 Å². The molecule has 0 aromatic rings. The molecule has 0 atom stereocenters. The van der Waals surface area contributed by atoms with Crippen LogP contribution in [0.4, 0.5) is 0 Å². The van der Waals surface area contributed by atoms with E-state index in [1.807, 2.05) is 6.92 Å². The highest BCUT2D eigenvalue weighted by Gasteiger charge is 1.98. The van der Waals surface area contributed by atoms with Crippen LogP contribution in [0.15, 0.2) is 0 Å². The summed E-state index contributed by atoms with van der Waals surface area (Å²) in [6, 6.07) is 0. The summed E-state index contributed by atoms with van der Waals surface area (Å²) in [6.07, 6.45) is 0. The number of halogens is 1. The minimum absolute atomic E-state index is 0.0437. The molecule has 0 aromatic carbocycles. The number of hydrogen-bond donors (Lipinski definition) is 0. The number of carbonyl (C=O) groups is 1. The van der Waals surface area contributed by atoms with Crippen LogP contribution in [-0.2, 0) is 14.3 Å². The van der Waals surface area contributed by atoms with Gasteiger partial charge in [0, 0.05) is 6.61 Å². The second-order valence-electron chi connectivity index (χ2n) is 1.26. The molecule has 4 heteroatoms. The molecule has 0 N–H and O–H groups in total. The van der Waals surface area contributed by atoms with Crippen molar-refractivity contribution in [3.8, 4) is 0 Å². The average molecular weight is 197 g/mol. The number of esters is 1. The molecule has 0 saturated carbocycles. The zero-order chi connectivity index (χ0) is 7.11. The molecular weight excluding hydrogens is 188 g/mol. The van der Waals surface area contributed by atoms with Crippen molar-refractivity contribution in [3.05, 3.63) is 0 Å². The topological polar surface area (TPSA) is 35.5 Å². The third-order valence-corrected chi connectivity index (χ3v) is 0.868. The zero-order valence-electron chi connectivity index (χ0n) is 5.22. The summed E-state index contributed by atoms with van der Waals surface area (Å²) in [5.74, 6) is -0.339. The SMILES string of the molecule is CCOCC(=O)OCBr. The molecule has 0 aliphatic heterocycles. The van der Waals surface area contributed by atoms with Crippen LogP contribution in [0.1, 0.15) is 6.92 Å². The van der Waals surface area contributed by atoms with Crippen LogP contribution < -0.4 is 0 Å². The van der Waals surface area contributed by atoms with Gasteiger partial charge in [0.2, 0.25) is 0 Å². The van der Waals surface area contributed by atoms with E-state index in [1.165, 1.54) is 0 Å². The summed E-state index contributed by atoms with van der Waals surface area (Å²) in [4.78, 5) is 10.4. The summed E-state index contributed by atoms with van der Waals surface area (Å²) >= 11 is 2.94. The highest BCUT2D eigenvalue weighted by Crippen LogP contribution is 1.85. The largest absolute Gasteiger partial charge is 0.452 e. The molecule has 54 valence electrons. The van der Waals surface area contributed by atoms with Crippen LogP contribution >= 0.6 is 15.9 Å². The first kappa shape index (κ1) is 8.91. The van der Waals surface area contributed by atoms with Crippen molar-refractivity contribution in [1.82, 2.24) is 0 Å². The van der Waals surface area contributed by atoms with Crippen LogP contribution in [0, 0.1) is 0 Å². The predicted molar refractivity (Wildman–Crippen MR) is 36.4 cm³/mol. The van der Waals surface area contributed by atoms with E-state index in [1.54, 1.807) is 0 Å². The maximum Gasteiger partial charge on any atom is 0.332 e. The van der Waals surface area contributed by atoms with Gasteiger partial charge in [0.05, 0.1) is 0 Å². The van der Waals surface area contributed by atoms with E-state index >= 15 is 0 Å². The Labute approximate surface area is 62.5 Å². The van der Waals surface area contributed by atoms with Gasteiger partial charge in [0.15, 0.2) is 0 Å². The summed E-state index contributed by atoms with van der Waals surface area (Å²) in [5.41, 5.74) is 0.235. The molecule has 0 aliphatic rings. The van der Waals surface area contributed by atoms with Crippen LogP contribution in [0.5, 0.6) is 0 Å². The Hall–Kier alpha value is -0.0900. The second kappa shape index (κ2) is 6.04. The summed E-state index contributed by atoms with van der Waals surface area (Å²) in [6.45, 7) is 2.40. The molecule has 0 amide bonds. The monoisotopic (exact) mass is 196 g/mol. The van der Waals surface area contributed by atoms with Crippen molar-refractivity contribution in [1.29, 1.82) is 0 Å².